The Hall–Kier alpha value is -0.950. The number of alkyl halides is 1. The van der Waals surface area contributed by atoms with E-state index in [9.17, 15) is 14.4 Å². The van der Waals surface area contributed by atoms with Gasteiger partial charge in [0.05, 0.1) is 11.4 Å². The van der Waals surface area contributed by atoms with Crippen LogP contribution in [0.5, 0.6) is 0 Å². The van der Waals surface area contributed by atoms with Crippen LogP contribution in [0.25, 0.3) is 0 Å². The Morgan fingerprint density at radius 1 is 1.04 bits per heavy atom. The third-order valence-electron chi connectivity index (χ3n) is 5.98. The van der Waals surface area contributed by atoms with E-state index in [1.54, 1.807) is 16.7 Å². The number of nitrogens with zero attached hydrogens (tertiary/aromatic N) is 1. The Morgan fingerprint density at radius 2 is 1.70 bits per heavy atom. The molecule has 3 rings (SSSR count). The van der Waals surface area contributed by atoms with Crippen molar-refractivity contribution in [1.29, 1.82) is 0 Å². The quantitative estimate of drug-likeness (QED) is 0.676. The second-order valence-electron chi connectivity index (χ2n) is 7.85. The van der Waals surface area contributed by atoms with Gasteiger partial charge in [-0.2, -0.15) is 0 Å². The molecule has 0 radical (unpaired) electrons. The number of carbonyl (C=O) groups excluding carboxylic acids is 3. The fourth-order valence-electron chi connectivity index (χ4n) is 4.60. The lowest BCUT2D eigenvalue weighted by molar-refractivity contribution is -0.143. The van der Waals surface area contributed by atoms with Crippen molar-refractivity contribution in [3.63, 3.8) is 0 Å². The molecular weight excluding hydrogens is 386 g/mol. The molecule has 6 nitrogen and oxygen atoms in total. The zero-order chi connectivity index (χ0) is 19.3. The maximum atomic E-state index is 13.0. The summed E-state index contributed by atoms with van der Waals surface area (Å²) in [6, 6.07) is -0.220. The van der Waals surface area contributed by atoms with E-state index in [1.807, 2.05) is 0 Å². The van der Waals surface area contributed by atoms with Crippen molar-refractivity contribution in [2.75, 3.05) is 18.2 Å². The lowest BCUT2D eigenvalue weighted by Gasteiger charge is -2.42. The van der Waals surface area contributed by atoms with Gasteiger partial charge < -0.3 is 15.5 Å². The SMILES string of the molecule is O=C(CCl)NCC(=O)N1[C@@H](C(=O)NC2CCCCC2)CSC12CCCCC2. The molecule has 0 unspecified atom stereocenters. The van der Waals surface area contributed by atoms with E-state index in [0.717, 1.165) is 51.4 Å². The molecular formula is C19H30ClN3O3S. The Bertz CT molecular complexity index is 562. The van der Waals surface area contributed by atoms with Crippen LogP contribution >= 0.6 is 23.4 Å². The topological polar surface area (TPSA) is 78.5 Å². The molecule has 2 aliphatic carbocycles. The van der Waals surface area contributed by atoms with Crippen LogP contribution in [0.4, 0.5) is 0 Å². The first-order chi connectivity index (χ1) is 13.1. The molecule has 0 aromatic rings. The summed E-state index contributed by atoms with van der Waals surface area (Å²) in [5.74, 6) is -0.109. The highest BCUT2D eigenvalue weighted by molar-refractivity contribution is 8.01. The fourth-order valence-corrected chi connectivity index (χ4v) is 6.41. The number of hydrogen-bond donors (Lipinski definition) is 2. The number of rotatable bonds is 5. The lowest BCUT2D eigenvalue weighted by atomic mass is 9.92. The van der Waals surface area contributed by atoms with Gasteiger partial charge in [0.2, 0.25) is 17.7 Å². The number of thioether (sulfide) groups is 1. The Kier molecular flexibility index (Phi) is 7.31. The van der Waals surface area contributed by atoms with E-state index in [0.29, 0.717) is 5.75 Å². The van der Waals surface area contributed by atoms with Gasteiger partial charge in [-0.1, -0.05) is 38.5 Å². The van der Waals surface area contributed by atoms with E-state index in [4.69, 9.17) is 11.6 Å². The number of nitrogens with one attached hydrogen (secondary N) is 2. The highest BCUT2D eigenvalue weighted by Gasteiger charge is 2.52. The predicted octanol–water partition coefficient (Wildman–Crippen LogP) is 2.39. The third kappa shape index (κ3) is 4.91. The molecule has 1 atom stereocenters. The molecule has 3 fully saturated rings. The fraction of sp³-hybridized carbons (Fsp3) is 0.842. The van der Waals surface area contributed by atoms with Gasteiger partial charge in [0.1, 0.15) is 11.9 Å². The minimum atomic E-state index is -0.449. The molecule has 27 heavy (non-hydrogen) atoms. The van der Waals surface area contributed by atoms with Crippen molar-refractivity contribution in [2.45, 2.75) is 81.2 Å². The highest BCUT2D eigenvalue weighted by Crippen LogP contribution is 2.49. The zero-order valence-corrected chi connectivity index (χ0v) is 17.4. The van der Waals surface area contributed by atoms with Crippen LogP contribution in [-0.4, -0.2) is 57.8 Å². The highest BCUT2D eigenvalue weighted by atomic mass is 35.5. The van der Waals surface area contributed by atoms with Gasteiger partial charge in [-0.3, -0.25) is 14.4 Å². The van der Waals surface area contributed by atoms with Crippen molar-refractivity contribution < 1.29 is 14.4 Å². The van der Waals surface area contributed by atoms with Gasteiger partial charge >= 0.3 is 0 Å². The molecule has 0 aromatic carbocycles. The van der Waals surface area contributed by atoms with Crippen LogP contribution in [0.15, 0.2) is 0 Å². The molecule has 0 bridgehead atoms. The Balaban J connectivity index is 1.71. The third-order valence-corrected chi connectivity index (χ3v) is 7.84. The van der Waals surface area contributed by atoms with Gasteiger partial charge in [0.25, 0.3) is 0 Å². The minimum absolute atomic E-state index is 0.0335. The molecule has 0 aromatic heterocycles. The maximum absolute atomic E-state index is 13.0. The van der Waals surface area contributed by atoms with Gasteiger partial charge in [-0.15, -0.1) is 23.4 Å². The summed E-state index contributed by atoms with van der Waals surface area (Å²) in [7, 11) is 0. The van der Waals surface area contributed by atoms with Crippen molar-refractivity contribution in [2.24, 2.45) is 0 Å². The Labute approximate surface area is 170 Å². The van der Waals surface area contributed by atoms with E-state index in [2.05, 4.69) is 10.6 Å². The van der Waals surface area contributed by atoms with Crippen molar-refractivity contribution in [3.8, 4) is 0 Å². The minimum Gasteiger partial charge on any atom is -0.352 e. The van der Waals surface area contributed by atoms with Gasteiger partial charge in [0.15, 0.2) is 0 Å². The van der Waals surface area contributed by atoms with Gasteiger partial charge in [-0.25, -0.2) is 0 Å². The molecule has 1 aliphatic heterocycles. The number of hydrogen-bond acceptors (Lipinski definition) is 4. The van der Waals surface area contributed by atoms with Crippen LogP contribution in [-0.2, 0) is 14.4 Å². The average Bonchev–Trinajstić information content (AvgIpc) is 3.05. The van der Waals surface area contributed by atoms with Crippen LogP contribution in [0.3, 0.4) is 0 Å². The molecule has 3 aliphatic rings. The summed E-state index contributed by atoms with van der Waals surface area (Å²) in [6.45, 7) is -0.0962. The first kappa shape index (κ1) is 20.8. The van der Waals surface area contributed by atoms with Crippen molar-refractivity contribution in [3.05, 3.63) is 0 Å². The summed E-state index contributed by atoms with van der Waals surface area (Å²) in [4.78, 5) is 39.0. The maximum Gasteiger partial charge on any atom is 0.243 e. The molecule has 1 spiro atoms. The number of carbonyl (C=O) groups is 3. The molecule has 2 saturated carbocycles. The number of halogens is 1. The standard InChI is InChI=1S/C19H30ClN3O3S/c20-11-16(24)21-12-17(25)23-15(13-27-19(23)9-5-2-6-10-19)18(26)22-14-7-3-1-4-8-14/h14-15H,1-13H2,(H,21,24)(H,22,26)/t15-/m1/s1. The normalized spacial score (nSPS) is 25.4. The van der Waals surface area contributed by atoms with Crippen molar-refractivity contribution in [1.82, 2.24) is 15.5 Å². The first-order valence-electron chi connectivity index (χ1n) is 10.1. The predicted molar refractivity (Wildman–Crippen MR) is 108 cm³/mol. The summed E-state index contributed by atoms with van der Waals surface area (Å²) >= 11 is 7.27. The van der Waals surface area contributed by atoms with Gasteiger partial charge in [-0.05, 0) is 25.7 Å². The van der Waals surface area contributed by atoms with Crippen molar-refractivity contribution >= 4 is 41.1 Å². The molecule has 152 valence electrons. The second kappa shape index (κ2) is 9.50. The molecule has 3 amide bonds. The van der Waals surface area contributed by atoms with E-state index in [-0.39, 0.29) is 41.1 Å². The van der Waals surface area contributed by atoms with Crippen LogP contribution in [0.1, 0.15) is 64.2 Å². The summed E-state index contributed by atoms with van der Waals surface area (Å²) in [6.07, 6.45) is 10.7. The lowest BCUT2D eigenvalue weighted by Crippen LogP contribution is -2.58. The second-order valence-corrected chi connectivity index (χ2v) is 9.50. The summed E-state index contributed by atoms with van der Waals surface area (Å²) in [5, 5.41) is 5.76. The smallest absolute Gasteiger partial charge is 0.243 e. The monoisotopic (exact) mass is 415 g/mol. The number of amides is 3. The molecule has 1 saturated heterocycles. The largest absolute Gasteiger partial charge is 0.352 e. The Morgan fingerprint density at radius 3 is 2.37 bits per heavy atom. The van der Waals surface area contributed by atoms with Crippen LogP contribution < -0.4 is 10.6 Å². The van der Waals surface area contributed by atoms with E-state index >= 15 is 0 Å². The van der Waals surface area contributed by atoms with E-state index in [1.165, 1.54) is 12.8 Å². The zero-order valence-electron chi connectivity index (χ0n) is 15.8. The van der Waals surface area contributed by atoms with Crippen LogP contribution in [0.2, 0.25) is 0 Å². The first-order valence-corrected chi connectivity index (χ1v) is 11.7. The van der Waals surface area contributed by atoms with Crippen LogP contribution in [0, 0.1) is 0 Å². The average molecular weight is 416 g/mol. The summed E-state index contributed by atoms with van der Waals surface area (Å²) < 4.78 is 0. The molecule has 1 heterocycles. The summed E-state index contributed by atoms with van der Waals surface area (Å²) in [5.41, 5.74) is 0. The molecule has 2 N–H and O–H groups in total. The van der Waals surface area contributed by atoms with Gasteiger partial charge in [0, 0.05) is 11.8 Å². The molecule has 8 heteroatoms. The van der Waals surface area contributed by atoms with E-state index < -0.39 is 6.04 Å².